The van der Waals surface area contributed by atoms with Crippen molar-refractivity contribution in [2.24, 2.45) is 23.0 Å². The van der Waals surface area contributed by atoms with Gasteiger partial charge in [-0.25, -0.2) is 0 Å². The molecule has 0 aliphatic carbocycles. The van der Waals surface area contributed by atoms with E-state index in [1.165, 1.54) is 19.3 Å². The molecular weight excluding hydrogens is 382 g/mol. The van der Waals surface area contributed by atoms with Gasteiger partial charge in [-0.15, -0.1) is 0 Å². The molecule has 0 bridgehead atoms. The van der Waals surface area contributed by atoms with E-state index in [0.717, 1.165) is 43.8 Å². The summed E-state index contributed by atoms with van der Waals surface area (Å²) in [5, 5.41) is 0. The maximum atomic E-state index is 13.4. The number of nitrogens with zero attached hydrogens (tertiary/aromatic N) is 2. The van der Waals surface area contributed by atoms with E-state index in [0.29, 0.717) is 25.3 Å². The summed E-state index contributed by atoms with van der Waals surface area (Å²) in [5.41, 5.74) is 5.54. The highest BCUT2D eigenvalue weighted by Gasteiger charge is 2.39. The third kappa shape index (κ3) is 6.74. The van der Waals surface area contributed by atoms with Gasteiger partial charge in [0.2, 0.25) is 11.8 Å². The van der Waals surface area contributed by atoms with E-state index >= 15 is 0 Å². The quantitative estimate of drug-likeness (QED) is 0.543. The minimum Gasteiger partial charge on any atom is -0.342 e. The van der Waals surface area contributed by atoms with Gasteiger partial charge in [0.05, 0.1) is 0 Å². The van der Waals surface area contributed by atoms with Gasteiger partial charge < -0.3 is 15.5 Å². The molecule has 2 atom stereocenters. The van der Waals surface area contributed by atoms with Crippen molar-refractivity contribution in [3.05, 3.63) is 0 Å². The maximum Gasteiger partial charge on any atom is 0.226 e. The maximum absolute atomic E-state index is 13.4. The number of carbonyl (C=O) groups is 2. The zero-order chi connectivity index (χ0) is 21.6. The van der Waals surface area contributed by atoms with E-state index in [2.05, 4.69) is 27.7 Å². The van der Waals surface area contributed by atoms with Gasteiger partial charge in [0.15, 0.2) is 0 Å². The molecule has 2 aliphatic heterocycles. The van der Waals surface area contributed by atoms with Gasteiger partial charge >= 0.3 is 0 Å². The predicted octanol–water partition coefficient (Wildman–Crippen LogP) is 3.79. The van der Waals surface area contributed by atoms with Gasteiger partial charge in [0.25, 0.3) is 0 Å². The molecule has 2 saturated heterocycles. The fraction of sp³-hybridized carbons (Fsp3) is 0.870. The first-order valence-electron chi connectivity index (χ1n) is 11.5. The number of carbonyl (C=O) groups excluding carboxylic acids is 2. The van der Waals surface area contributed by atoms with E-state index in [1.807, 2.05) is 9.80 Å². The average molecular weight is 424 g/mol. The summed E-state index contributed by atoms with van der Waals surface area (Å²) < 4.78 is 0. The Hall–Kier alpha value is -1.01. The van der Waals surface area contributed by atoms with Crippen molar-refractivity contribution >= 4 is 28.9 Å². The lowest BCUT2D eigenvalue weighted by Gasteiger charge is -2.40. The summed E-state index contributed by atoms with van der Waals surface area (Å²) in [6.45, 7) is 11.5. The van der Waals surface area contributed by atoms with Crippen LogP contribution in [0, 0.1) is 17.3 Å². The van der Waals surface area contributed by atoms with Crippen molar-refractivity contribution in [2.75, 3.05) is 26.2 Å². The smallest absolute Gasteiger partial charge is 0.226 e. The number of hydrogen-bond acceptors (Lipinski definition) is 4. The Morgan fingerprint density at radius 3 is 2.48 bits per heavy atom. The normalized spacial score (nSPS) is 21.2. The average Bonchev–Trinajstić information content (AvgIpc) is 3.10. The number of unbranched alkanes of at least 4 members (excludes halogenated alkanes) is 1. The molecule has 166 valence electrons. The zero-order valence-electron chi connectivity index (χ0n) is 18.9. The first-order valence-corrected chi connectivity index (χ1v) is 11.9. The molecule has 2 heterocycles. The zero-order valence-corrected chi connectivity index (χ0v) is 19.7. The van der Waals surface area contributed by atoms with E-state index < -0.39 is 0 Å². The van der Waals surface area contributed by atoms with Crippen LogP contribution in [-0.2, 0) is 9.59 Å². The molecule has 2 aliphatic rings. The second kappa shape index (κ2) is 10.9. The Morgan fingerprint density at radius 1 is 1.21 bits per heavy atom. The molecule has 2 fully saturated rings. The lowest BCUT2D eigenvalue weighted by Crippen LogP contribution is -2.50. The topological polar surface area (TPSA) is 66.6 Å². The number of thiocarbonyl (C=S) groups is 1. The van der Waals surface area contributed by atoms with Crippen LogP contribution >= 0.6 is 12.2 Å². The largest absolute Gasteiger partial charge is 0.342 e. The summed E-state index contributed by atoms with van der Waals surface area (Å²) in [6.07, 6.45) is 7.64. The molecule has 0 unspecified atom stereocenters. The Kier molecular flexibility index (Phi) is 9.08. The molecule has 0 aromatic rings. The standard InChI is InChI=1S/C23H41N3O2S/c1-5-6-8-17-15-25(16-17)21(27)11-10-18-9-7-12-26(18)22(28)20(23(2,3)4)13-19(29)14-24/h17-18,20H,5-16,24H2,1-4H3/t18-,20-/m1/s1. The van der Waals surface area contributed by atoms with Crippen molar-refractivity contribution < 1.29 is 9.59 Å². The second-order valence-corrected chi connectivity index (χ2v) is 10.6. The lowest BCUT2D eigenvalue weighted by atomic mass is 9.77. The summed E-state index contributed by atoms with van der Waals surface area (Å²) in [6, 6.07) is 0.180. The van der Waals surface area contributed by atoms with Crippen LogP contribution in [0.5, 0.6) is 0 Å². The second-order valence-electron chi connectivity index (χ2n) is 10.0. The van der Waals surface area contributed by atoms with Crippen molar-refractivity contribution in [2.45, 2.75) is 85.1 Å². The first kappa shape index (κ1) is 24.3. The third-order valence-electron chi connectivity index (χ3n) is 6.63. The lowest BCUT2D eigenvalue weighted by molar-refractivity contribution is -0.142. The van der Waals surface area contributed by atoms with Crippen LogP contribution in [0.1, 0.15) is 79.1 Å². The van der Waals surface area contributed by atoms with Crippen LogP contribution in [0.4, 0.5) is 0 Å². The summed E-state index contributed by atoms with van der Waals surface area (Å²) in [4.78, 5) is 30.7. The Labute approximate surface area is 182 Å². The molecule has 0 radical (unpaired) electrons. The minimum atomic E-state index is -0.162. The van der Waals surface area contributed by atoms with Gasteiger partial charge in [-0.1, -0.05) is 52.8 Å². The van der Waals surface area contributed by atoms with Crippen LogP contribution < -0.4 is 5.73 Å². The summed E-state index contributed by atoms with van der Waals surface area (Å²) in [5.74, 6) is 0.993. The van der Waals surface area contributed by atoms with Crippen LogP contribution in [0.3, 0.4) is 0 Å². The molecule has 29 heavy (non-hydrogen) atoms. The molecule has 6 heteroatoms. The third-order valence-corrected chi connectivity index (χ3v) is 6.96. The molecule has 0 aromatic heterocycles. The number of nitrogens with two attached hydrogens (primary N) is 1. The molecule has 2 rings (SSSR count). The van der Waals surface area contributed by atoms with Crippen LogP contribution in [0.15, 0.2) is 0 Å². The van der Waals surface area contributed by atoms with Crippen molar-refractivity contribution in [1.29, 1.82) is 0 Å². The Morgan fingerprint density at radius 2 is 1.90 bits per heavy atom. The van der Waals surface area contributed by atoms with Gasteiger partial charge in [-0.05, 0) is 43.4 Å². The Balaban J connectivity index is 1.87. The molecule has 0 saturated carbocycles. The van der Waals surface area contributed by atoms with Gasteiger partial charge in [0.1, 0.15) is 0 Å². The molecule has 2 amide bonds. The summed E-state index contributed by atoms with van der Waals surface area (Å²) in [7, 11) is 0. The highest BCUT2D eigenvalue weighted by Crippen LogP contribution is 2.34. The number of hydrogen-bond donors (Lipinski definition) is 1. The highest BCUT2D eigenvalue weighted by molar-refractivity contribution is 7.80. The predicted molar refractivity (Wildman–Crippen MR) is 123 cm³/mol. The number of likely N-dealkylation sites (tertiary alicyclic amines) is 2. The fourth-order valence-corrected chi connectivity index (χ4v) is 4.76. The van der Waals surface area contributed by atoms with E-state index in [-0.39, 0.29) is 29.2 Å². The van der Waals surface area contributed by atoms with Gasteiger partial charge in [-0.3, -0.25) is 9.59 Å². The van der Waals surface area contributed by atoms with Crippen LogP contribution in [0.25, 0.3) is 0 Å². The van der Waals surface area contributed by atoms with E-state index in [1.54, 1.807) is 0 Å². The van der Waals surface area contributed by atoms with Crippen molar-refractivity contribution in [3.63, 3.8) is 0 Å². The van der Waals surface area contributed by atoms with Crippen molar-refractivity contribution in [1.82, 2.24) is 9.80 Å². The molecule has 0 aromatic carbocycles. The van der Waals surface area contributed by atoms with Crippen LogP contribution in [0.2, 0.25) is 0 Å². The van der Waals surface area contributed by atoms with E-state index in [4.69, 9.17) is 18.0 Å². The number of amides is 2. The van der Waals surface area contributed by atoms with Gasteiger partial charge in [0, 0.05) is 49.4 Å². The highest BCUT2D eigenvalue weighted by atomic mass is 32.1. The number of rotatable bonds is 10. The molecular formula is C23H41N3O2S. The first-order chi connectivity index (χ1) is 13.7. The fourth-order valence-electron chi connectivity index (χ4n) is 4.60. The van der Waals surface area contributed by atoms with E-state index in [9.17, 15) is 9.59 Å². The van der Waals surface area contributed by atoms with Crippen LogP contribution in [-0.4, -0.2) is 58.7 Å². The molecule has 0 spiro atoms. The Bertz CT molecular complexity index is 581. The van der Waals surface area contributed by atoms with Crippen molar-refractivity contribution in [3.8, 4) is 0 Å². The van der Waals surface area contributed by atoms with Gasteiger partial charge in [-0.2, -0.15) is 0 Å². The minimum absolute atomic E-state index is 0.149. The molecule has 2 N–H and O–H groups in total. The monoisotopic (exact) mass is 423 g/mol. The summed E-state index contributed by atoms with van der Waals surface area (Å²) >= 11 is 5.35. The molecule has 5 nitrogen and oxygen atoms in total. The SMILES string of the molecule is CCCCC1CN(C(=O)CC[C@H]2CCCN2C(=O)[C@@H](CC(=S)CN)C(C)(C)C)C1.